The predicted molar refractivity (Wildman–Crippen MR) is 89.9 cm³/mol. The predicted octanol–water partition coefficient (Wildman–Crippen LogP) is 2.66. The molecule has 122 valence electrons. The molecule has 0 aliphatic carbocycles. The van der Waals surface area contributed by atoms with Crippen molar-refractivity contribution in [3.63, 3.8) is 0 Å². The van der Waals surface area contributed by atoms with Crippen LogP contribution in [0.5, 0.6) is 0 Å². The van der Waals surface area contributed by atoms with E-state index in [4.69, 9.17) is 0 Å². The highest BCUT2D eigenvalue weighted by Gasteiger charge is 2.18. The average Bonchev–Trinajstić information content (AvgIpc) is 2.56. The van der Waals surface area contributed by atoms with E-state index >= 15 is 0 Å². The Morgan fingerprint density at radius 1 is 1.12 bits per heavy atom. The van der Waals surface area contributed by atoms with E-state index < -0.39 is 11.3 Å². The van der Waals surface area contributed by atoms with Gasteiger partial charge in [0, 0.05) is 6.04 Å². The molecule has 1 aromatic heterocycles. The number of hydrogen-bond donors (Lipinski definition) is 1. The van der Waals surface area contributed by atoms with Crippen LogP contribution in [0, 0.1) is 5.82 Å². The van der Waals surface area contributed by atoms with E-state index in [0.717, 1.165) is 0 Å². The van der Waals surface area contributed by atoms with Crippen LogP contribution >= 0.6 is 0 Å². The first-order valence-electron chi connectivity index (χ1n) is 7.56. The Morgan fingerprint density at radius 2 is 1.79 bits per heavy atom. The second-order valence-corrected chi connectivity index (χ2v) is 5.71. The molecule has 0 radical (unpaired) electrons. The number of benzene rings is 2. The number of carbonyl (C=O) groups is 1. The number of halogens is 1. The third kappa shape index (κ3) is 2.90. The first-order valence-corrected chi connectivity index (χ1v) is 7.56. The van der Waals surface area contributed by atoms with Crippen LogP contribution in [0.2, 0.25) is 0 Å². The highest BCUT2D eigenvalue weighted by molar-refractivity contribution is 5.95. The standard InChI is InChI=1S/C18H16FN3O2/c1-11(2)20-18(24)16-17(23)14-5-3-4-6-15(14)22(21-16)13-9-7-12(19)8-10-13/h3-11H,1-2H3,(H,20,24). The quantitative estimate of drug-likeness (QED) is 0.805. The molecule has 1 N–H and O–H groups in total. The van der Waals surface area contributed by atoms with Gasteiger partial charge in [-0.1, -0.05) is 12.1 Å². The molecule has 3 rings (SSSR count). The first kappa shape index (κ1) is 15.9. The summed E-state index contributed by atoms with van der Waals surface area (Å²) in [5.41, 5.74) is 0.496. The van der Waals surface area contributed by atoms with Crippen LogP contribution in [0.15, 0.2) is 53.3 Å². The molecule has 3 aromatic rings. The van der Waals surface area contributed by atoms with E-state index in [9.17, 15) is 14.0 Å². The largest absolute Gasteiger partial charge is 0.348 e. The smallest absolute Gasteiger partial charge is 0.276 e. The summed E-state index contributed by atoms with van der Waals surface area (Å²) in [6.45, 7) is 3.61. The number of amides is 1. The Labute approximate surface area is 137 Å². The molecule has 2 aromatic carbocycles. The Morgan fingerprint density at radius 3 is 2.46 bits per heavy atom. The number of nitrogens with one attached hydrogen (secondary N) is 1. The van der Waals surface area contributed by atoms with Crippen molar-refractivity contribution in [3.8, 4) is 5.69 Å². The van der Waals surface area contributed by atoms with Crippen molar-refractivity contribution < 1.29 is 9.18 Å². The van der Waals surface area contributed by atoms with Gasteiger partial charge in [-0.05, 0) is 50.2 Å². The fourth-order valence-corrected chi connectivity index (χ4v) is 2.44. The zero-order valence-corrected chi connectivity index (χ0v) is 13.3. The van der Waals surface area contributed by atoms with Crippen LogP contribution in [-0.4, -0.2) is 21.7 Å². The van der Waals surface area contributed by atoms with Gasteiger partial charge >= 0.3 is 0 Å². The molecule has 0 spiro atoms. The van der Waals surface area contributed by atoms with Crippen LogP contribution in [-0.2, 0) is 0 Å². The number of carbonyl (C=O) groups excluding carboxylic acids is 1. The third-order valence-electron chi connectivity index (χ3n) is 3.50. The molecule has 0 saturated heterocycles. The lowest BCUT2D eigenvalue weighted by atomic mass is 10.2. The maximum absolute atomic E-state index is 13.2. The van der Waals surface area contributed by atoms with Gasteiger partial charge in [0.25, 0.3) is 5.91 Å². The van der Waals surface area contributed by atoms with E-state index in [1.54, 1.807) is 50.2 Å². The van der Waals surface area contributed by atoms with Gasteiger partial charge in [0.1, 0.15) is 5.82 Å². The topological polar surface area (TPSA) is 64.0 Å². The van der Waals surface area contributed by atoms with Gasteiger partial charge in [0.05, 0.1) is 16.6 Å². The lowest BCUT2D eigenvalue weighted by Gasteiger charge is -2.13. The van der Waals surface area contributed by atoms with Crippen molar-refractivity contribution >= 4 is 16.8 Å². The maximum atomic E-state index is 13.2. The molecular weight excluding hydrogens is 309 g/mol. The lowest BCUT2D eigenvalue weighted by Crippen LogP contribution is -2.35. The number of fused-ring (bicyclic) bond motifs is 1. The van der Waals surface area contributed by atoms with Gasteiger partial charge in [-0.15, -0.1) is 0 Å². The van der Waals surface area contributed by atoms with E-state index in [0.29, 0.717) is 16.6 Å². The van der Waals surface area contributed by atoms with Crippen molar-refractivity contribution in [1.82, 2.24) is 15.1 Å². The molecule has 0 saturated carbocycles. The molecule has 0 fully saturated rings. The second-order valence-electron chi connectivity index (χ2n) is 5.71. The number of aromatic nitrogens is 2. The van der Waals surface area contributed by atoms with Crippen molar-refractivity contribution in [2.75, 3.05) is 0 Å². The maximum Gasteiger partial charge on any atom is 0.276 e. The van der Waals surface area contributed by atoms with Crippen LogP contribution in [0.3, 0.4) is 0 Å². The Balaban J connectivity index is 2.28. The van der Waals surface area contributed by atoms with Crippen molar-refractivity contribution in [1.29, 1.82) is 0 Å². The van der Waals surface area contributed by atoms with Crippen molar-refractivity contribution in [2.45, 2.75) is 19.9 Å². The summed E-state index contributed by atoms with van der Waals surface area (Å²) in [4.78, 5) is 24.9. The van der Waals surface area contributed by atoms with Crippen LogP contribution in [0.25, 0.3) is 16.6 Å². The highest BCUT2D eigenvalue weighted by atomic mass is 19.1. The normalized spacial score (nSPS) is 11.0. The molecule has 1 amide bonds. The highest BCUT2D eigenvalue weighted by Crippen LogP contribution is 2.16. The van der Waals surface area contributed by atoms with E-state index in [-0.39, 0.29) is 17.6 Å². The van der Waals surface area contributed by atoms with Gasteiger partial charge in [-0.3, -0.25) is 9.59 Å². The molecule has 0 aliphatic heterocycles. The lowest BCUT2D eigenvalue weighted by molar-refractivity contribution is 0.0935. The number of nitrogens with zero attached hydrogens (tertiary/aromatic N) is 2. The minimum absolute atomic E-state index is 0.121. The molecule has 6 heteroatoms. The van der Waals surface area contributed by atoms with Gasteiger partial charge in [-0.25, -0.2) is 9.07 Å². The zero-order chi connectivity index (χ0) is 17.3. The molecule has 24 heavy (non-hydrogen) atoms. The molecule has 1 heterocycles. The number of hydrogen-bond acceptors (Lipinski definition) is 3. The number of para-hydroxylation sites is 1. The molecule has 0 bridgehead atoms. The minimum Gasteiger partial charge on any atom is -0.348 e. The monoisotopic (exact) mass is 325 g/mol. The summed E-state index contributed by atoms with van der Waals surface area (Å²) in [5, 5.41) is 7.28. The van der Waals surface area contributed by atoms with Gasteiger partial charge < -0.3 is 5.32 Å². The molecule has 0 unspecified atom stereocenters. The van der Waals surface area contributed by atoms with E-state index in [1.807, 2.05) is 0 Å². The van der Waals surface area contributed by atoms with Crippen LogP contribution in [0.1, 0.15) is 24.3 Å². The third-order valence-corrected chi connectivity index (χ3v) is 3.50. The summed E-state index contributed by atoms with van der Waals surface area (Å²) < 4.78 is 14.7. The Bertz CT molecular complexity index is 962. The molecular formula is C18H16FN3O2. The van der Waals surface area contributed by atoms with Crippen LogP contribution < -0.4 is 10.7 Å². The SMILES string of the molecule is CC(C)NC(=O)c1nn(-c2ccc(F)cc2)c2ccccc2c1=O. The zero-order valence-electron chi connectivity index (χ0n) is 13.3. The van der Waals surface area contributed by atoms with Gasteiger partial charge in [0.15, 0.2) is 5.69 Å². The summed E-state index contributed by atoms with van der Waals surface area (Å²) in [6, 6.07) is 12.5. The molecule has 0 aliphatic rings. The van der Waals surface area contributed by atoms with Crippen LogP contribution in [0.4, 0.5) is 4.39 Å². The fourth-order valence-electron chi connectivity index (χ4n) is 2.44. The average molecular weight is 325 g/mol. The first-order chi connectivity index (χ1) is 11.5. The summed E-state index contributed by atoms with van der Waals surface area (Å²) in [7, 11) is 0. The van der Waals surface area contributed by atoms with E-state index in [2.05, 4.69) is 10.4 Å². The Hall–Kier alpha value is -3.02. The summed E-state index contributed by atoms with van der Waals surface area (Å²) >= 11 is 0. The van der Waals surface area contributed by atoms with Gasteiger partial charge in [-0.2, -0.15) is 5.10 Å². The summed E-state index contributed by atoms with van der Waals surface area (Å²) in [5.74, 6) is -0.904. The number of rotatable bonds is 3. The molecule has 5 nitrogen and oxygen atoms in total. The summed E-state index contributed by atoms with van der Waals surface area (Å²) in [6.07, 6.45) is 0. The minimum atomic E-state index is -0.531. The fraction of sp³-hybridized carbons (Fsp3) is 0.167. The van der Waals surface area contributed by atoms with Crippen molar-refractivity contribution in [2.24, 2.45) is 0 Å². The van der Waals surface area contributed by atoms with Gasteiger partial charge in [0.2, 0.25) is 5.43 Å². The van der Waals surface area contributed by atoms with E-state index in [1.165, 1.54) is 16.8 Å². The van der Waals surface area contributed by atoms with Crippen molar-refractivity contribution in [3.05, 3.63) is 70.3 Å². The Kier molecular flexibility index (Phi) is 4.12. The second kappa shape index (κ2) is 6.23. The molecule has 0 atom stereocenters.